The minimum absolute atomic E-state index is 0. The van der Waals surface area contributed by atoms with Gasteiger partial charge in [-0.2, -0.15) is 13.2 Å². The van der Waals surface area contributed by atoms with E-state index in [1.165, 1.54) is 12.1 Å². The molecule has 4 nitrogen and oxygen atoms in total. The van der Waals surface area contributed by atoms with Gasteiger partial charge in [0.15, 0.2) is 0 Å². The van der Waals surface area contributed by atoms with E-state index in [0.29, 0.717) is 36.5 Å². The number of nitrogens with two attached hydrogens (primary N) is 1. The van der Waals surface area contributed by atoms with E-state index in [1.807, 2.05) is 6.07 Å². The van der Waals surface area contributed by atoms with Gasteiger partial charge < -0.3 is 15.4 Å². The number of carbonyl (C=O) groups is 1. The lowest BCUT2D eigenvalue weighted by molar-refractivity contribution is -0.137. The molecule has 2 aromatic rings. The first-order valence-electron chi connectivity index (χ1n) is 7.79. The van der Waals surface area contributed by atoms with Crippen molar-refractivity contribution in [1.29, 1.82) is 0 Å². The van der Waals surface area contributed by atoms with E-state index < -0.39 is 11.7 Å². The van der Waals surface area contributed by atoms with Gasteiger partial charge in [0.1, 0.15) is 12.4 Å². The molecule has 0 aromatic heterocycles. The monoisotopic (exact) mass is 386 g/mol. The maximum Gasteiger partial charge on any atom is 0.416 e. The van der Waals surface area contributed by atoms with Crippen molar-refractivity contribution in [3.8, 4) is 5.75 Å². The zero-order chi connectivity index (χ0) is 18.0. The van der Waals surface area contributed by atoms with Gasteiger partial charge in [-0.15, -0.1) is 12.4 Å². The van der Waals surface area contributed by atoms with E-state index >= 15 is 0 Å². The van der Waals surface area contributed by atoms with Crippen LogP contribution in [0.2, 0.25) is 0 Å². The Hall–Kier alpha value is -2.25. The second kappa shape index (κ2) is 7.97. The second-order valence-corrected chi connectivity index (χ2v) is 5.82. The Kier molecular flexibility index (Phi) is 6.15. The van der Waals surface area contributed by atoms with Crippen molar-refractivity contribution < 1.29 is 22.7 Å². The fourth-order valence-corrected chi connectivity index (χ4v) is 2.72. The summed E-state index contributed by atoms with van der Waals surface area (Å²) >= 11 is 0. The number of rotatable bonds is 5. The number of alkyl halides is 3. The van der Waals surface area contributed by atoms with Crippen LogP contribution in [0, 0.1) is 0 Å². The van der Waals surface area contributed by atoms with Crippen LogP contribution in [0.15, 0.2) is 42.5 Å². The van der Waals surface area contributed by atoms with E-state index in [1.54, 1.807) is 17.0 Å². The van der Waals surface area contributed by atoms with Crippen molar-refractivity contribution in [2.24, 2.45) is 5.73 Å². The molecule has 1 aliphatic heterocycles. The SMILES string of the molecule is Cl.NCCN1Cc2ccc(OCc3ccc(C(F)(F)F)cc3)cc2C1=O. The normalized spacial score (nSPS) is 13.4. The fraction of sp³-hybridized carbons (Fsp3) is 0.278. The zero-order valence-corrected chi connectivity index (χ0v) is 14.6. The number of halogens is 4. The molecule has 1 amide bonds. The molecule has 0 saturated carbocycles. The van der Waals surface area contributed by atoms with Gasteiger partial charge >= 0.3 is 6.18 Å². The fourth-order valence-electron chi connectivity index (χ4n) is 2.72. The molecule has 26 heavy (non-hydrogen) atoms. The van der Waals surface area contributed by atoms with Crippen molar-refractivity contribution in [1.82, 2.24) is 4.90 Å². The summed E-state index contributed by atoms with van der Waals surface area (Å²) in [5.74, 6) is 0.419. The highest BCUT2D eigenvalue weighted by molar-refractivity contribution is 5.98. The Morgan fingerprint density at radius 3 is 2.42 bits per heavy atom. The molecule has 0 radical (unpaired) electrons. The Balaban J connectivity index is 0.00000243. The Morgan fingerprint density at radius 1 is 1.12 bits per heavy atom. The molecule has 0 atom stereocenters. The Morgan fingerprint density at radius 2 is 1.81 bits per heavy atom. The first-order valence-corrected chi connectivity index (χ1v) is 7.79. The number of fused-ring (bicyclic) bond motifs is 1. The van der Waals surface area contributed by atoms with Crippen molar-refractivity contribution >= 4 is 18.3 Å². The van der Waals surface area contributed by atoms with Crippen molar-refractivity contribution in [2.75, 3.05) is 13.1 Å². The van der Waals surface area contributed by atoms with Crippen LogP contribution >= 0.6 is 12.4 Å². The molecule has 0 unspecified atom stereocenters. The van der Waals surface area contributed by atoms with E-state index in [0.717, 1.165) is 17.7 Å². The molecule has 3 rings (SSSR count). The first kappa shape index (κ1) is 20.1. The van der Waals surface area contributed by atoms with Crippen LogP contribution in [0.3, 0.4) is 0 Å². The molecule has 8 heteroatoms. The number of nitrogens with zero attached hydrogens (tertiary/aromatic N) is 1. The van der Waals surface area contributed by atoms with Crippen LogP contribution in [-0.2, 0) is 19.3 Å². The summed E-state index contributed by atoms with van der Waals surface area (Å²) < 4.78 is 43.2. The van der Waals surface area contributed by atoms with Crippen molar-refractivity contribution in [3.05, 3.63) is 64.7 Å². The molecule has 1 heterocycles. The van der Waals surface area contributed by atoms with E-state index in [-0.39, 0.29) is 24.9 Å². The maximum absolute atomic E-state index is 12.5. The summed E-state index contributed by atoms with van der Waals surface area (Å²) in [5, 5.41) is 0. The van der Waals surface area contributed by atoms with Gasteiger partial charge in [-0.25, -0.2) is 0 Å². The topological polar surface area (TPSA) is 55.6 Å². The van der Waals surface area contributed by atoms with Crippen molar-refractivity contribution in [3.63, 3.8) is 0 Å². The molecule has 1 aliphatic rings. The predicted octanol–water partition coefficient (Wildman–Crippen LogP) is 3.62. The zero-order valence-electron chi connectivity index (χ0n) is 13.8. The molecular formula is C18H18ClF3N2O2. The third-order valence-corrected chi connectivity index (χ3v) is 4.05. The van der Waals surface area contributed by atoms with Gasteiger partial charge in [0, 0.05) is 25.2 Å². The highest BCUT2D eigenvalue weighted by Crippen LogP contribution is 2.30. The molecular weight excluding hydrogens is 369 g/mol. The second-order valence-electron chi connectivity index (χ2n) is 5.82. The number of amides is 1. The number of hydrogen-bond acceptors (Lipinski definition) is 3. The van der Waals surface area contributed by atoms with E-state index in [4.69, 9.17) is 10.5 Å². The number of ether oxygens (including phenoxy) is 1. The summed E-state index contributed by atoms with van der Waals surface area (Å²) in [4.78, 5) is 13.9. The van der Waals surface area contributed by atoms with Crippen LogP contribution in [0.4, 0.5) is 13.2 Å². The summed E-state index contributed by atoms with van der Waals surface area (Å²) in [7, 11) is 0. The number of hydrogen-bond donors (Lipinski definition) is 1. The van der Waals surface area contributed by atoms with Gasteiger partial charge in [-0.05, 0) is 35.4 Å². The quantitative estimate of drug-likeness (QED) is 0.853. The highest BCUT2D eigenvalue weighted by Gasteiger charge is 2.30. The maximum atomic E-state index is 12.5. The van der Waals surface area contributed by atoms with Crippen molar-refractivity contribution in [2.45, 2.75) is 19.3 Å². The van der Waals surface area contributed by atoms with Gasteiger partial charge in [-0.1, -0.05) is 18.2 Å². The molecule has 2 N–H and O–H groups in total. The molecule has 0 fully saturated rings. The van der Waals surface area contributed by atoms with Gasteiger partial charge in [0.05, 0.1) is 5.56 Å². The van der Waals surface area contributed by atoms with Crippen LogP contribution in [0.5, 0.6) is 5.75 Å². The minimum atomic E-state index is -4.35. The van der Waals surface area contributed by atoms with Gasteiger partial charge in [0.2, 0.25) is 0 Å². The first-order chi connectivity index (χ1) is 11.9. The molecule has 0 aliphatic carbocycles. The lowest BCUT2D eigenvalue weighted by Gasteiger charge is -2.13. The predicted molar refractivity (Wildman–Crippen MR) is 93.3 cm³/mol. The third-order valence-electron chi connectivity index (χ3n) is 4.05. The summed E-state index contributed by atoms with van der Waals surface area (Å²) in [5.41, 5.74) is 6.92. The summed E-state index contributed by atoms with van der Waals surface area (Å²) in [6.07, 6.45) is -4.35. The van der Waals surface area contributed by atoms with Crippen LogP contribution in [0.1, 0.15) is 27.0 Å². The number of carbonyl (C=O) groups excluding carboxylic acids is 1. The molecule has 140 valence electrons. The van der Waals surface area contributed by atoms with Crippen LogP contribution in [-0.4, -0.2) is 23.9 Å². The lowest BCUT2D eigenvalue weighted by Crippen LogP contribution is -2.29. The Labute approximate surface area is 155 Å². The van der Waals surface area contributed by atoms with Crippen LogP contribution < -0.4 is 10.5 Å². The standard InChI is InChI=1S/C18H17F3N2O2.ClH/c19-18(20,21)14-4-1-12(2-5-14)11-25-15-6-3-13-10-23(8-7-22)17(24)16(13)9-15;/h1-6,9H,7-8,10-11,22H2;1H. The van der Waals surface area contributed by atoms with Gasteiger partial charge in [-0.3, -0.25) is 4.79 Å². The molecule has 0 saturated heterocycles. The van der Waals surface area contributed by atoms with E-state index in [2.05, 4.69) is 0 Å². The van der Waals surface area contributed by atoms with Gasteiger partial charge in [0.25, 0.3) is 5.91 Å². The summed E-state index contributed by atoms with van der Waals surface area (Å²) in [6, 6.07) is 10.0. The van der Waals surface area contributed by atoms with Crippen LogP contribution in [0.25, 0.3) is 0 Å². The molecule has 0 spiro atoms. The minimum Gasteiger partial charge on any atom is -0.489 e. The largest absolute Gasteiger partial charge is 0.489 e. The number of benzene rings is 2. The average molecular weight is 387 g/mol. The average Bonchev–Trinajstić information content (AvgIpc) is 2.89. The third kappa shape index (κ3) is 4.28. The smallest absolute Gasteiger partial charge is 0.416 e. The lowest BCUT2D eigenvalue weighted by atomic mass is 10.1. The van der Waals surface area contributed by atoms with E-state index in [9.17, 15) is 18.0 Å². The molecule has 0 bridgehead atoms. The Bertz CT molecular complexity index is 779. The highest BCUT2D eigenvalue weighted by atomic mass is 35.5. The summed E-state index contributed by atoms with van der Waals surface area (Å²) in [6.45, 7) is 1.55. The molecule has 2 aromatic carbocycles.